The molecule has 0 spiro atoms. The Balaban J connectivity index is 1.87. The summed E-state index contributed by atoms with van der Waals surface area (Å²) in [5, 5.41) is 3.61. The number of hydrogen-bond acceptors (Lipinski definition) is 2. The minimum absolute atomic E-state index is 0.702. The van der Waals surface area contributed by atoms with E-state index in [2.05, 4.69) is 36.3 Å². The average molecular weight is 246 g/mol. The van der Waals surface area contributed by atoms with Crippen LogP contribution in [0.3, 0.4) is 0 Å². The van der Waals surface area contributed by atoms with E-state index >= 15 is 0 Å². The van der Waals surface area contributed by atoms with E-state index in [4.69, 9.17) is 0 Å². The molecule has 2 unspecified atom stereocenters. The topological polar surface area (TPSA) is 24.9 Å². The van der Waals surface area contributed by atoms with Crippen molar-refractivity contribution >= 4 is 0 Å². The van der Waals surface area contributed by atoms with Crippen molar-refractivity contribution in [2.75, 3.05) is 6.54 Å². The minimum atomic E-state index is 0.702. The lowest BCUT2D eigenvalue weighted by atomic mass is 9.95. The van der Waals surface area contributed by atoms with Crippen molar-refractivity contribution in [2.45, 2.75) is 64.3 Å². The summed E-state index contributed by atoms with van der Waals surface area (Å²) in [7, 11) is 0. The van der Waals surface area contributed by atoms with Crippen LogP contribution in [0.15, 0.2) is 18.3 Å². The maximum absolute atomic E-state index is 4.59. The van der Waals surface area contributed by atoms with Gasteiger partial charge in [-0.05, 0) is 50.3 Å². The lowest BCUT2D eigenvalue weighted by Crippen LogP contribution is -2.29. The Morgan fingerprint density at radius 3 is 3.06 bits per heavy atom. The van der Waals surface area contributed by atoms with Gasteiger partial charge >= 0.3 is 0 Å². The molecule has 1 aromatic heterocycles. The second kappa shape index (κ2) is 6.89. The standard InChI is InChI=1S/C16H26N2/c1-3-6-15(17-4-2)11-10-14-9-8-13-7-5-12-18-16(13)14/h5,7,12,14-15,17H,3-4,6,8-11H2,1-2H3. The fourth-order valence-electron chi connectivity index (χ4n) is 3.17. The van der Waals surface area contributed by atoms with Gasteiger partial charge in [0.1, 0.15) is 0 Å². The Kier molecular flexibility index (Phi) is 5.18. The fraction of sp³-hybridized carbons (Fsp3) is 0.688. The highest BCUT2D eigenvalue weighted by Crippen LogP contribution is 2.34. The summed E-state index contributed by atoms with van der Waals surface area (Å²) in [5.74, 6) is 0.708. The first-order chi connectivity index (χ1) is 8.85. The summed E-state index contributed by atoms with van der Waals surface area (Å²) in [4.78, 5) is 4.59. The van der Waals surface area contributed by atoms with E-state index in [0.717, 1.165) is 6.54 Å². The molecule has 0 saturated carbocycles. The highest BCUT2D eigenvalue weighted by atomic mass is 14.9. The highest BCUT2D eigenvalue weighted by Gasteiger charge is 2.23. The third-order valence-electron chi connectivity index (χ3n) is 4.07. The van der Waals surface area contributed by atoms with E-state index in [1.807, 2.05) is 6.20 Å². The lowest BCUT2D eigenvalue weighted by molar-refractivity contribution is 0.424. The summed E-state index contributed by atoms with van der Waals surface area (Å²) in [6, 6.07) is 5.02. The quantitative estimate of drug-likeness (QED) is 0.794. The van der Waals surface area contributed by atoms with Crippen molar-refractivity contribution < 1.29 is 0 Å². The van der Waals surface area contributed by atoms with Crippen molar-refractivity contribution in [3.05, 3.63) is 29.6 Å². The van der Waals surface area contributed by atoms with Crippen molar-refractivity contribution in [2.24, 2.45) is 0 Å². The van der Waals surface area contributed by atoms with Crippen LogP contribution in [-0.2, 0) is 6.42 Å². The highest BCUT2D eigenvalue weighted by molar-refractivity contribution is 5.28. The van der Waals surface area contributed by atoms with Crippen LogP contribution in [-0.4, -0.2) is 17.6 Å². The molecule has 0 fully saturated rings. The van der Waals surface area contributed by atoms with E-state index in [1.165, 1.54) is 49.8 Å². The molecule has 18 heavy (non-hydrogen) atoms. The SMILES string of the molecule is CCCC(CCC1CCc2cccnc21)NCC. The molecule has 2 heteroatoms. The van der Waals surface area contributed by atoms with Gasteiger partial charge in [-0.15, -0.1) is 0 Å². The van der Waals surface area contributed by atoms with Gasteiger partial charge in [-0.1, -0.05) is 26.3 Å². The molecule has 2 atom stereocenters. The monoisotopic (exact) mass is 246 g/mol. The number of nitrogens with one attached hydrogen (secondary N) is 1. The van der Waals surface area contributed by atoms with Crippen molar-refractivity contribution in [1.29, 1.82) is 0 Å². The predicted octanol–water partition coefficient (Wildman–Crippen LogP) is 3.67. The number of pyridine rings is 1. The van der Waals surface area contributed by atoms with Crippen LogP contribution < -0.4 is 5.32 Å². The summed E-state index contributed by atoms with van der Waals surface area (Å²) in [6.45, 7) is 5.57. The average Bonchev–Trinajstić information content (AvgIpc) is 2.80. The molecular weight excluding hydrogens is 220 g/mol. The third-order valence-corrected chi connectivity index (χ3v) is 4.07. The summed E-state index contributed by atoms with van der Waals surface area (Å²) in [6.07, 6.45) is 9.65. The first-order valence-corrected chi connectivity index (χ1v) is 7.52. The molecule has 0 aliphatic heterocycles. The normalized spacial score (nSPS) is 19.8. The summed E-state index contributed by atoms with van der Waals surface area (Å²) >= 11 is 0. The maximum atomic E-state index is 4.59. The zero-order valence-corrected chi connectivity index (χ0v) is 11.8. The smallest absolute Gasteiger partial charge is 0.0466 e. The second-order valence-corrected chi connectivity index (χ2v) is 5.40. The van der Waals surface area contributed by atoms with Crippen LogP contribution in [0, 0.1) is 0 Å². The van der Waals surface area contributed by atoms with Crippen molar-refractivity contribution in [1.82, 2.24) is 10.3 Å². The van der Waals surface area contributed by atoms with E-state index in [9.17, 15) is 0 Å². The summed E-state index contributed by atoms with van der Waals surface area (Å²) in [5.41, 5.74) is 2.86. The molecule has 1 aromatic rings. The van der Waals surface area contributed by atoms with Gasteiger partial charge in [-0.3, -0.25) is 4.98 Å². The molecule has 2 nitrogen and oxygen atoms in total. The predicted molar refractivity (Wildman–Crippen MR) is 76.9 cm³/mol. The zero-order chi connectivity index (χ0) is 12.8. The molecule has 0 radical (unpaired) electrons. The molecule has 1 aliphatic carbocycles. The molecule has 0 aromatic carbocycles. The Hall–Kier alpha value is -0.890. The van der Waals surface area contributed by atoms with Gasteiger partial charge in [0.2, 0.25) is 0 Å². The molecule has 2 rings (SSSR count). The van der Waals surface area contributed by atoms with Gasteiger partial charge in [-0.25, -0.2) is 0 Å². The van der Waals surface area contributed by atoms with Gasteiger partial charge in [0.25, 0.3) is 0 Å². The zero-order valence-electron chi connectivity index (χ0n) is 11.8. The first kappa shape index (κ1) is 13.5. The molecule has 1 N–H and O–H groups in total. The lowest BCUT2D eigenvalue weighted by Gasteiger charge is -2.19. The van der Waals surface area contributed by atoms with Crippen LogP contribution in [0.1, 0.15) is 63.1 Å². The molecule has 0 bridgehead atoms. The molecular formula is C16H26N2. The van der Waals surface area contributed by atoms with Crippen LogP contribution in [0.4, 0.5) is 0 Å². The minimum Gasteiger partial charge on any atom is -0.314 e. The second-order valence-electron chi connectivity index (χ2n) is 5.40. The van der Waals surface area contributed by atoms with E-state index in [0.29, 0.717) is 12.0 Å². The third kappa shape index (κ3) is 3.32. The van der Waals surface area contributed by atoms with Crippen LogP contribution >= 0.6 is 0 Å². The largest absolute Gasteiger partial charge is 0.314 e. The number of aryl methyl sites for hydroxylation is 1. The van der Waals surface area contributed by atoms with Gasteiger partial charge in [0, 0.05) is 23.9 Å². The maximum Gasteiger partial charge on any atom is 0.0466 e. The van der Waals surface area contributed by atoms with Crippen LogP contribution in [0.5, 0.6) is 0 Å². The fourth-order valence-corrected chi connectivity index (χ4v) is 3.17. The van der Waals surface area contributed by atoms with Gasteiger partial charge < -0.3 is 5.32 Å². The molecule has 100 valence electrons. The molecule has 0 saturated heterocycles. The van der Waals surface area contributed by atoms with E-state index in [1.54, 1.807) is 0 Å². The van der Waals surface area contributed by atoms with Crippen LogP contribution in [0.25, 0.3) is 0 Å². The van der Waals surface area contributed by atoms with Gasteiger partial charge in [0.15, 0.2) is 0 Å². The number of hydrogen-bond donors (Lipinski definition) is 1. The number of aromatic nitrogens is 1. The summed E-state index contributed by atoms with van der Waals surface area (Å²) < 4.78 is 0. The van der Waals surface area contributed by atoms with E-state index < -0.39 is 0 Å². The Labute approximate surface area is 111 Å². The number of rotatable bonds is 7. The Morgan fingerprint density at radius 1 is 1.39 bits per heavy atom. The number of nitrogens with zero attached hydrogens (tertiary/aromatic N) is 1. The van der Waals surface area contributed by atoms with Crippen molar-refractivity contribution in [3.63, 3.8) is 0 Å². The van der Waals surface area contributed by atoms with Crippen molar-refractivity contribution in [3.8, 4) is 0 Å². The molecule has 1 aliphatic rings. The van der Waals surface area contributed by atoms with Gasteiger partial charge in [-0.2, -0.15) is 0 Å². The van der Waals surface area contributed by atoms with Crippen LogP contribution in [0.2, 0.25) is 0 Å². The van der Waals surface area contributed by atoms with E-state index in [-0.39, 0.29) is 0 Å². The van der Waals surface area contributed by atoms with Gasteiger partial charge in [0.05, 0.1) is 0 Å². The molecule has 1 heterocycles. The Morgan fingerprint density at radius 2 is 2.28 bits per heavy atom. The molecule has 0 amide bonds. The first-order valence-electron chi connectivity index (χ1n) is 7.52. The Bertz CT molecular complexity index is 356. The number of fused-ring (bicyclic) bond motifs is 1.